The maximum atomic E-state index is 13.6. The van der Waals surface area contributed by atoms with Crippen LogP contribution in [0.15, 0.2) is 45.7 Å². The Bertz CT molecular complexity index is 991. The Morgan fingerprint density at radius 2 is 1.84 bits per heavy atom. The van der Waals surface area contributed by atoms with Gasteiger partial charge in [0.15, 0.2) is 11.6 Å². The number of nitrogens with one attached hydrogen (secondary N) is 1. The van der Waals surface area contributed by atoms with Gasteiger partial charge in [-0.05, 0) is 59.4 Å². The second kappa shape index (κ2) is 8.61. The first-order valence-corrected chi connectivity index (χ1v) is 10.2. The highest BCUT2D eigenvalue weighted by atomic mass is 19.2. The third-order valence-electron chi connectivity index (χ3n) is 5.75. The summed E-state index contributed by atoms with van der Waals surface area (Å²) < 4.78 is 26.8. The van der Waals surface area contributed by atoms with Gasteiger partial charge in [-0.2, -0.15) is 0 Å². The zero-order chi connectivity index (χ0) is 22.9. The van der Waals surface area contributed by atoms with Gasteiger partial charge in [0.25, 0.3) is 5.91 Å². The molecule has 31 heavy (non-hydrogen) atoms. The van der Waals surface area contributed by atoms with Crippen molar-refractivity contribution in [2.45, 2.75) is 46.1 Å². The van der Waals surface area contributed by atoms with Crippen LogP contribution in [0.1, 0.15) is 40.5 Å². The number of carbonyl (C=O) groups excluding carboxylic acids is 2. The van der Waals surface area contributed by atoms with Crippen molar-refractivity contribution in [3.63, 3.8) is 0 Å². The number of amides is 2. The van der Waals surface area contributed by atoms with Crippen molar-refractivity contribution in [2.75, 3.05) is 24.5 Å². The molecular formula is C23H28F2N4O2. The van der Waals surface area contributed by atoms with Gasteiger partial charge >= 0.3 is 0 Å². The summed E-state index contributed by atoms with van der Waals surface area (Å²) in [5.74, 6) is -2.04. The van der Waals surface area contributed by atoms with Crippen LogP contribution in [0.25, 0.3) is 0 Å². The van der Waals surface area contributed by atoms with Crippen LogP contribution in [0.2, 0.25) is 0 Å². The summed E-state index contributed by atoms with van der Waals surface area (Å²) in [7, 11) is 0. The molecule has 2 aliphatic rings. The molecule has 166 valence electrons. The summed E-state index contributed by atoms with van der Waals surface area (Å²) in [5, 5.41) is 3.36. The largest absolute Gasteiger partial charge is 0.365 e. The molecule has 1 aliphatic heterocycles. The Labute approximate surface area is 181 Å². The van der Waals surface area contributed by atoms with E-state index in [-0.39, 0.29) is 42.7 Å². The number of aliphatic imine (C=N–C) groups is 1. The maximum absolute atomic E-state index is 13.6. The lowest BCUT2D eigenvalue weighted by Gasteiger charge is -2.35. The van der Waals surface area contributed by atoms with E-state index in [1.807, 2.05) is 20.8 Å². The zero-order valence-corrected chi connectivity index (χ0v) is 18.4. The molecule has 0 spiro atoms. The zero-order valence-electron chi connectivity index (χ0n) is 18.4. The number of hydrogen-bond acceptors (Lipinski definition) is 4. The Hall–Kier alpha value is -3.03. The summed E-state index contributed by atoms with van der Waals surface area (Å²) in [6.45, 7) is 11.6. The number of benzene rings is 1. The molecule has 2 amide bonds. The van der Waals surface area contributed by atoms with E-state index in [4.69, 9.17) is 0 Å². The Kier molecular flexibility index (Phi) is 6.29. The van der Waals surface area contributed by atoms with Crippen LogP contribution in [0.5, 0.6) is 0 Å². The van der Waals surface area contributed by atoms with Gasteiger partial charge in [0.05, 0.1) is 0 Å². The SMILES string of the molecule is C=N/C(NC1(C)CC1)=C(\C)C(C(=O)N1CCN(c2ccc(F)c(F)c2)C(=O)C1)=C(C)C. The fourth-order valence-electron chi connectivity index (χ4n) is 3.65. The van der Waals surface area contributed by atoms with Gasteiger partial charge in [-0.15, -0.1) is 0 Å². The molecule has 1 aliphatic carbocycles. The van der Waals surface area contributed by atoms with E-state index in [1.54, 1.807) is 0 Å². The molecule has 0 atom stereocenters. The lowest BCUT2D eigenvalue weighted by Crippen LogP contribution is -2.53. The van der Waals surface area contributed by atoms with Crippen molar-refractivity contribution in [2.24, 2.45) is 4.99 Å². The number of anilines is 1. The normalized spacial score (nSPS) is 18.3. The lowest BCUT2D eigenvalue weighted by atomic mass is 10.00. The second-order valence-electron chi connectivity index (χ2n) is 8.56. The standard InChI is InChI=1S/C23H28F2N4O2/c1-14(2)20(15(3)21(26-5)27-23(4)8-9-23)22(31)28-10-11-29(19(30)13-28)16-6-7-17(24)18(25)12-16/h6-7,12,27H,5,8-11,13H2,1-4H3/b21-15-. The number of nitrogens with zero attached hydrogens (tertiary/aromatic N) is 3. The van der Waals surface area contributed by atoms with Crippen molar-refractivity contribution < 1.29 is 18.4 Å². The molecule has 6 nitrogen and oxygen atoms in total. The summed E-state index contributed by atoms with van der Waals surface area (Å²) in [4.78, 5) is 33.0. The van der Waals surface area contributed by atoms with E-state index >= 15 is 0 Å². The highest BCUT2D eigenvalue weighted by molar-refractivity contribution is 6.03. The number of hydrogen-bond donors (Lipinski definition) is 1. The first-order valence-electron chi connectivity index (χ1n) is 10.2. The van der Waals surface area contributed by atoms with Crippen LogP contribution in [0.3, 0.4) is 0 Å². The van der Waals surface area contributed by atoms with Crippen LogP contribution in [-0.4, -0.2) is 48.6 Å². The third-order valence-corrected chi connectivity index (χ3v) is 5.75. The minimum atomic E-state index is -1.02. The average molecular weight is 430 g/mol. The predicted molar refractivity (Wildman–Crippen MR) is 117 cm³/mol. The molecule has 8 heteroatoms. The van der Waals surface area contributed by atoms with Crippen LogP contribution in [0.4, 0.5) is 14.5 Å². The first-order chi connectivity index (χ1) is 14.6. The Morgan fingerprint density at radius 1 is 1.16 bits per heavy atom. The molecule has 1 heterocycles. The Morgan fingerprint density at radius 3 is 2.35 bits per heavy atom. The quantitative estimate of drug-likeness (QED) is 0.427. The van der Waals surface area contributed by atoms with Crippen molar-refractivity contribution in [3.05, 3.63) is 52.4 Å². The minimum Gasteiger partial charge on any atom is -0.365 e. The molecule has 0 aromatic heterocycles. The number of rotatable bonds is 6. The van der Waals surface area contributed by atoms with E-state index in [0.29, 0.717) is 17.0 Å². The van der Waals surface area contributed by atoms with E-state index < -0.39 is 11.6 Å². The fraction of sp³-hybridized carbons (Fsp3) is 0.435. The molecule has 1 aromatic rings. The van der Waals surface area contributed by atoms with Crippen molar-refractivity contribution in [1.82, 2.24) is 10.2 Å². The fourth-order valence-corrected chi connectivity index (χ4v) is 3.65. The summed E-state index contributed by atoms with van der Waals surface area (Å²) in [6, 6.07) is 3.34. The van der Waals surface area contributed by atoms with Crippen molar-refractivity contribution >= 4 is 24.2 Å². The highest BCUT2D eigenvalue weighted by Gasteiger charge is 2.38. The molecule has 1 saturated heterocycles. The molecule has 3 rings (SSSR count). The Balaban J connectivity index is 1.79. The van der Waals surface area contributed by atoms with Crippen molar-refractivity contribution in [1.29, 1.82) is 0 Å². The average Bonchev–Trinajstić information content (AvgIpc) is 3.45. The van der Waals surface area contributed by atoms with E-state index in [9.17, 15) is 18.4 Å². The third kappa shape index (κ3) is 4.84. The molecule has 1 saturated carbocycles. The highest BCUT2D eigenvalue weighted by Crippen LogP contribution is 2.36. The van der Waals surface area contributed by atoms with E-state index in [0.717, 1.165) is 30.5 Å². The van der Waals surface area contributed by atoms with Crippen LogP contribution < -0.4 is 10.2 Å². The number of carbonyl (C=O) groups is 2. The van der Waals surface area contributed by atoms with Crippen LogP contribution >= 0.6 is 0 Å². The number of piperazine rings is 1. The monoisotopic (exact) mass is 430 g/mol. The number of allylic oxidation sites excluding steroid dienone is 1. The summed E-state index contributed by atoms with van der Waals surface area (Å²) in [5.41, 5.74) is 2.23. The van der Waals surface area contributed by atoms with Crippen LogP contribution in [-0.2, 0) is 9.59 Å². The molecule has 0 bridgehead atoms. The second-order valence-corrected chi connectivity index (χ2v) is 8.56. The van der Waals surface area contributed by atoms with Crippen molar-refractivity contribution in [3.8, 4) is 0 Å². The minimum absolute atomic E-state index is 0.0282. The topological polar surface area (TPSA) is 65.0 Å². The lowest BCUT2D eigenvalue weighted by molar-refractivity contribution is -0.133. The van der Waals surface area contributed by atoms with Gasteiger partial charge in [0.1, 0.15) is 12.4 Å². The van der Waals surface area contributed by atoms with E-state index in [1.165, 1.54) is 15.9 Å². The number of halogens is 2. The van der Waals surface area contributed by atoms with Crippen LogP contribution in [0, 0.1) is 11.6 Å². The molecule has 0 unspecified atom stereocenters. The predicted octanol–water partition coefficient (Wildman–Crippen LogP) is 3.55. The molecule has 0 radical (unpaired) electrons. The van der Waals surface area contributed by atoms with Gasteiger partial charge in [-0.3, -0.25) is 9.59 Å². The molecular weight excluding hydrogens is 402 g/mol. The van der Waals surface area contributed by atoms with Gasteiger partial charge in [0, 0.05) is 41.5 Å². The molecule has 1 aromatic carbocycles. The maximum Gasteiger partial charge on any atom is 0.254 e. The first kappa shape index (κ1) is 22.7. The molecule has 1 N–H and O–H groups in total. The molecule has 2 fully saturated rings. The summed E-state index contributed by atoms with van der Waals surface area (Å²) in [6.07, 6.45) is 2.05. The van der Waals surface area contributed by atoms with Gasteiger partial charge in [-0.25, -0.2) is 13.8 Å². The van der Waals surface area contributed by atoms with Gasteiger partial charge in [-0.1, -0.05) is 5.57 Å². The summed E-state index contributed by atoms with van der Waals surface area (Å²) >= 11 is 0. The van der Waals surface area contributed by atoms with Gasteiger partial charge < -0.3 is 15.1 Å². The smallest absolute Gasteiger partial charge is 0.254 e. The van der Waals surface area contributed by atoms with E-state index in [2.05, 4.69) is 24.0 Å². The van der Waals surface area contributed by atoms with Gasteiger partial charge in [0.2, 0.25) is 5.91 Å².